The average Bonchev–Trinajstić information content (AvgIpc) is 3.36. The van der Waals surface area contributed by atoms with Gasteiger partial charge in [0.05, 0.1) is 23.6 Å². The number of imidazole rings is 1. The summed E-state index contributed by atoms with van der Waals surface area (Å²) in [7, 11) is 0. The molecule has 1 atom stereocenters. The smallest absolute Gasteiger partial charge is 0.272 e. The summed E-state index contributed by atoms with van der Waals surface area (Å²) in [6, 6.07) is 10.9. The normalized spacial score (nSPS) is 12.2. The van der Waals surface area contributed by atoms with Crippen LogP contribution in [0.15, 0.2) is 48.1 Å². The molecule has 0 radical (unpaired) electrons. The number of aromatic amines is 1. The van der Waals surface area contributed by atoms with Gasteiger partial charge in [0.25, 0.3) is 5.91 Å². The summed E-state index contributed by atoms with van der Waals surface area (Å²) >= 11 is 1.44. The Hall–Kier alpha value is -3.20. The second-order valence-electron chi connectivity index (χ2n) is 5.71. The monoisotopic (exact) mass is 368 g/mol. The number of nitrogens with zero attached hydrogens (tertiary/aromatic N) is 4. The molecule has 8 nitrogen and oxygen atoms in total. The van der Waals surface area contributed by atoms with Gasteiger partial charge in [0, 0.05) is 0 Å². The van der Waals surface area contributed by atoms with E-state index >= 15 is 0 Å². The molecule has 0 aliphatic heterocycles. The Balaban J connectivity index is 1.37. The van der Waals surface area contributed by atoms with E-state index in [0.717, 1.165) is 22.1 Å². The van der Waals surface area contributed by atoms with Crippen molar-refractivity contribution in [1.29, 1.82) is 0 Å². The van der Waals surface area contributed by atoms with Crippen LogP contribution >= 0.6 is 11.3 Å². The Bertz CT molecular complexity index is 994. The Morgan fingerprint density at radius 1 is 1.38 bits per heavy atom. The van der Waals surface area contributed by atoms with Crippen LogP contribution in [-0.4, -0.2) is 30.7 Å². The fourth-order valence-corrected chi connectivity index (χ4v) is 3.05. The van der Waals surface area contributed by atoms with Crippen molar-refractivity contribution in [3.05, 3.63) is 65.2 Å². The van der Waals surface area contributed by atoms with Gasteiger partial charge in [-0.2, -0.15) is 10.2 Å². The number of para-hydroxylation sites is 1. The molecule has 2 N–H and O–H groups in total. The molecular weight excluding hydrogens is 352 g/mol. The molecule has 0 bridgehead atoms. The number of amides is 1. The Kier molecular flexibility index (Phi) is 4.36. The van der Waals surface area contributed by atoms with Gasteiger partial charge in [0.2, 0.25) is 4.96 Å². The molecule has 0 spiro atoms. The number of carbonyl (C=O) groups excluding carboxylic acids is 1. The third-order valence-corrected chi connectivity index (χ3v) is 4.49. The van der Waals surface area contributed by atoms with E-state index in [2.05, 4.69) is 25.6 Å². The summed E-state index contributed by atoms with van der Waals surface area (Å²) in [6.45, 7) is 2.18. The second-order valence-corrected chi connectivity index (χ2v) is 6.52. The molecule has 26 heavy (non-hydrogen) atoms. The minimum atomic E-state index is -0.274. The topological polar surface area (TPSA) is 97.2 Å². The largest absolute Gasteiger partial charge is 0.487 e. The molecule has 3 aromatic heterocycles. The van der Waals surface area contributed by atoms with Crippen molar-refractivity contribution in [2.24, 2.45) is 0 Å². The zero-order valence-corrected chi connectivity index (χ0v) is 14.7. The van der Waals surface area contributed by atoms with Crippen molar-refractivity contribution in [3.63, 3.8) is 0 Å². The zero-order valence-electron chi connectivity index (χ0n) is 13.9. The number of benzene rings is 1. The molecule has 0 aliphatic carbocycles. The van der Waals surface area contributed by atoms with Gasteiger partial charge in [-0.1, -0.05) is 29.5 Å². The van der Waals surface area contributed by atoms with Gasteiger partial charge in [-0.3, -0.25) is 9.89 Å². The molecule has 132 valence electrons. The number of fused-ring (bicyclic) bond motifs is 1. The Morgan fingerprint density at radius 3 is 3.04 bits per heavy atom. The Labute approximate surface area is 152 Å². The van der Waals surface area contributed by atoms with Crippen LogP contribution in [0.25, 0.3) is 4.96 Å². The van der Waals surface area contributed by atoms with Gasteiger partial charge in [-0.15, -0.1) is 0 Å². The first-order chi connectivity index (χ1) is 12.7. The maximum atomic E-state index is 12.4. The van der Waals surface area contributed by atoms with Crippen molar-refractivity contribution in [1.82, 2.24) is 30.1 Å². The zero-order chi connectivity index (χ0) is 17.9. The first-order valence-electron chi connectivity index (χ1n) is 8.01. The first kappa shape index (κ1) is 16.3. The van der Waals surface area contributed by atoms with E-state index in [-0.39, 0.29) is 11.9 Å². The number of ether oxygens (including phenoxy) is 1. The lowest BCUT2D eigenvalue weighted by atomic mass is 10.2. The van der Waals surface area contributed by atoms with E-state index in [9.17, 15) is 4.79 Å². The first-order valence-corrected chi connectivity index (χ1v) is 8.89. The fraction of sp³-hybridized carbons (Fsp3) is 0.176. The highest BCUT2D eigenvalue weighted by molar-refractivity contribution is 7.14. The minimum Gasteiger partial charge on any atom is -0.487 e. The van der Waals surface area contributed by atoms with E-state index < -0.39 is 0 Å². The number of hydrogen-bond acceptors (Lipinski definition) is 6. The number of aromatic nitrogens is 5. The molecule has 0 saturated heterocycles. The molecular formula is C17H16N6O2S. The van der Waals surface area contributed by atoms with E-state index in [1.54, 1.807) is 22.3 Å². The molecule has 3 heterocycles. The molecule has 1 aromatic carbocycles. The summed E-state index contributed by atoms with van der Waals surface area (Å²) in [5, 5.41) is 13.9. The number of carbonyl (C=O) groups is 1. The second kappa shape index (κ2) is 6.96. The molecule has 1 amide bonds. The summed E-state index contributed by atoms with van der Waals surface area (Å²) in [6.07, 6.45) is 1.81. The van der Waals surface area contributed by atoms with Crippen LogP contribution in [0.4, 0.5) is 0 Å². The maximum absolute atomic E-state index is 12.4. The highest BCUT2D eigenvalue weighted by Gasteiger charge is 2.17. The summed E-state index contributed by atoms with van der Waals surface area (Å²) in [5.41, 5.74) is 3.50. The lowest BCUT2D eigenvalue weighted by molar-refractivity contribution is 0.0934. The van der Waals surface area contributed by atoms with Crippen LogP contribution < -0.4 is 10.1 Å². The van der Waals surface area contributed by atoms with E-state index in [0.29, 0.717) is 12.3 Å². The van der Waals surface area contributed by atoms with E-state index in [1.807, 2.05) is 37.3 Å². The molecule has 0 saturated carbocycles. The van der Waals surface area contributed by atoms with Crippen LogP contribution in [0.5, 0.6) is 5.75 Å². The predicted molar refractivity (Wildman–Crippen MR) is 96.1 cm³/mol. The molecule has 4 aromatic rings. The maximum Gasteiger partial charge on any atom is 0.272 e. The minimum absolute atomic E-state index is 0.253. The highest BCUT2D eigenvalue weighted by Crippen LogP contribution is 2.16. The Morgan fingerprint density at radius 2 is 2.23 bits per heavy atom. The standard InChI is InChI=1S/C17H16N6O2S/c1-11(15-8-23-17(20-15)26-10-18-23)19-16(24)14-7-12(21-22-14)9-25-13-5-3-2-4-6-13/h2-8,10-11H,9H2,1H3,(H,19,24)(H,21,22)/t11-/m0/s1. The molecule has 9 heteroatoms. The fourth-order valence-electron chi connectivity index (χ4n) is 2.44. The highest BCUT2D eigenvalue weighted by atomic mass is 32.1. The van der Waals surface area contributed by atoms with Crippen molar-refractivity contribution in [3.8, 4) is 5.75 Å². The van der Waals surface area contributed by atoms with Crippen molar-refractivity contribution >= 4 is 22.2 Å². The lowest BCUT2D eigenvalue weighted by Crippen LogP contribution is -2.27. The molecule has 0 fully saturated rings. The average molecular weight is 368 g/mol. The van der Waals surface area contributed by atoms with Crippen LogP contribution in [0.3, 0.4) is 0 Å². The lowest BCUT2D eigenvalue weighted by Gasteiger charge is -2.09. The molecule has 0 aliphatic rings. The summed E-state index contributed by atoms with van der Waals surface area (Å²) in [4.78, 5) is 17.6. The van der Waals surface area contributed by atoms with Crippen LogP contribution in [0, 0.1) is 0 Å². The SMILES string of the molecule is C[C@H](NC(=O)c1cc(COc2ccccc2)[nH]n1)c1cn2ncsc2n1. The van der Waals surface area contributed by atoms with Gasteiger partial charge in [-0.05, 0) is 25.1 Å². The third-order valence-electron chi connectivity index (χ3n) is 3.80. The van der Waals surface area contributed by atoms with E-state index in [4.69, 9.17) is 4.74 Å². The summed E-state index contributed by atoms with van der Waals surface area (Å²) in [5.74, 6) is 0.485. The van der Waals surface area contributed by atoms with E-state index in [1.165, 1.54) is 11.3 Å². The molecule has 0 unspecified atom stereocenters. The van der Waals surface area contributed by atoms with Gasteiger partial charge in [0.1, 0.15) is 23.6 Å². The van der Waals surface area contributed by atoms with Crippen molar-refractivity contribution in [2.75, 3.05) is 0 Å². The van der Waals surface area contributed by atoms with Crippen LogP contribution in [-0.2, 0) is 6.61 Å². The number of H-pyrrole nitrogens is 1. The van der Waals surface area contributed by atoms with Crippen molar-refractivity contribution < 1.29 is 9.53 Å². The summed E-state index contributed by atoms with van der Waals surface area (Å²) < 4.78 is 7.33. The number of hydrogen-bond donors (Lipinski definition) is 2. The molecule has 4 rings (SSSR count). The van der Waals surface area contributed by atoms with Crippen molar-refractivity contribution in [2.45, 2.75) is 19.6 Å². The van der Waals surface area contributed by atoms with Gasteiger partial charge in [0.15, 0.2) is 0 Å². The van der Waals surface area contributed by atoms with Crippen LogP contribution in [0.1, 0.15) is 34.8 Å². The predicted octanol–water partition coefficient (Wildman–Crippen LogP) is 2.58. The van der Waals surface area contributed by atoms with Gasteiger partial charge < -0.3 is 10.1 Å². The quantitative estimate of drug-likeness (QED) is 0.545. The van der Waals surface area contributed by atoms with Gasteiger partial charge >= 0.3 is 0 Å². The number of rotatable bonds is 6. The van der Waals surface area contributed by atoms with Gasteiger partial charge in [-0.25, -0.2) is 9.50 Å². The van der Waals surface area contributed by atoms with Crippen LogP contribution in [0.2, 0.25) is 0 Å². The third kappa shape index (κ3) is 3.42. The number of nitrogens with one attached hydrogen (secondary N) is 2.